The lowest BCUT2D eigenvalue weighted by Crippen LogP contribution is -2.24. The monoisotopic (exact) mass is 243 g/mol. The lowest BCUT2D eigenvalue weighted by Gasteiger charge is -2.25. The maximum Gasteiger partial charge on any atom is 0.306 e. The van der Waals surface area contributed by atoms with Crippen molar-refractivity contribution >= 4 is 5.97 Å². The van der Waals surface area contributed by atoms with E-state index < -0.39 is 0 Å². The zero-order valence-electron chi connectivity index (χ0n) is 12.4. The molecule has 3 heteroatoms. The number of carbonyl (C=O) groups is 1. The first-order chi connectivity index (χ1) is 7.74. The molecule has 0 radical (unpaired) electrons. The lowest BCUT2D eigenvalue weighted by atomic mass is 9.88. The van der Waals surface area contributed by atoms with Crippen LogP contribution in [0.5, 0.6) is 0 Å². The molecule has 102 valence electrons. The van der Waals surface area contributed by atoms with E-state index in [0.29, 0.717) is 6.42 Å². The summed E-state index contributed by atoms with van der Waals surface area (Å²) in [5.74, 6) is -0.0528. The van der Waals surface area contributed by atoms with E-state index in [1.165, 1.54) is 0 Å². The summed E-state index contributed by atoms with van der Waals surface area (Å²) in [6.07, 6.45) is 3.30. The van der Waals surface area contributed by atoms with E-state index in [2.05, 4.69) is 32.6 Å². The highest BCUT2D eigenvalue weighted by Crippen LogP contribution is 2.24. The summed E-state index contributed by atoms with van der Waals surface area (Å²) in [5.41, 5.74) is 0.213. The van der Waals surface area contributed by atoms with Gasteiger partial charge in [-0.3, -0.25) is 4.79 Å². The maximum atomic E-state index is 11.6. The van der Waals surface area contributed by atoms with Crippen molar-refractivity contribution < 1.29 is 9.53 Å². The first-order valence-corrected chi connectivity index (χ1v) is 6.59. The molecule has 17 heavy (non-hydrogen) atoms. The van der Waals surface area contributed by atoms with Gasteiger partial charge in [0.1, 0.15) is 6.10 Å². The van der Waals surface area contributed by atoms with Crippen LogP contribution in [0, 0.1) is 5.41 Å². The van der Waals surface area contributed by atoms with Gasteiger partial charge in [0, 0.05) is 6.42 Å². The first kappa shape index (κ1) is 16.4. The Morgan fingerprint density at radius 2 is 1.88 bits per heavy atom. The van der Waals surface area contributed by atoms with Crippen LogP contribution in [0.4, 0.5) is 0 Å². The molecule has 0 aliphatic rings. The van der Waals surface area contributed by atoms with Gasteiger partial charge < -0.3 is 9.64 Å². The second kappa shape index (κ2) is 7.70. The average Bonchev–Trinajstić information content (AvgIpc) is 2.13. The third kappa shape index (κ3) is 10.3. The van der Waals surface area contributed by atoms with Crippen molar-refractivity contribution in [1.29, 1.82) is 0 Å². The highest BCUT2D eigenvalue weighted by molar-refractivity contribution is 5.69. The van der Waals surface area contributed by atoms with Gasteiger partial charge in [-0.2, -0.15) is 0 Å². The van der Waals surface area contributed by atoms with Gasteiger partial charge in [0.05, 0.1) is 0 Å². The fourth-order valence-electron chi connectivity index (χ4n) is 1.74. The fourth-order valence-corrected chi connectivity index (χ4v) is 1.74. The van der Waals surface area contributed by atoms with Crippen molar-refractivity contribution in [2.24, 2.45) is 5.41 Å². The van der Waals surface area contributed by atoms with E-state index in [1.807, 2.05) is 14.1 Å². The van der Waals surface area contributed by atoms with Crippen molar-refractivity contribution in [1.82, 2.24) is 4.90 Å². The summed E-state index contributed by atoms with van der Waals surface area (Å²) in [6, 6.07) is 0. The highest BCUT2D eigenvalue weighted by atomic mass is 16.5. The van der Waals surface area contributed by atoms with E-state index in [4.69, 9.17) is 4.74 Å². The predicted molar refractivity (Wildman–Crippen MR) is 72.0 cm³/mol. The van der Waals surface area contributed by atoms with Gasteiger partial charge in [-0.25, -0.2) is 0 Å². The largest absolute Gasteiger partial charge is 0.462 e. The van der Waals surface area contributed by atoms with E-state index >= 15 is 0 Å². The molecule has 1 unspecified atom stereocenters. The molecule has 0 aromatic heterocycles. The Morgan fingerprint density at radius 3 is 2.29 bits per heavy atom. The zero-order valence-corrected chi connectivity index (χ0v) is 12.4. The van der Waals surface area contributed by atoms with Gasteiger partial charge in [0.2, 0.25) is 0 Å². The van der Waals surface area contributed by atoms with Crippen LogP contribution in [0.1, 0.15) is 53.4 Å². The van der Waals surface area contributed by atoms with Crippen molar-refractivity contribution in [3.63, 3.8) is 0 Å². The quantitative estimate of drug-likeness (QED) is 0.644. The Hall–Kier alpha value is -0.570. The van der Waals surface area contributed by atoms with E-state index in [0.717, 1.165) is 25.8 Å². The fraction of sp³-hybridized carbons (Fsp3) is 0.929. The third-order valence-electron chi connectivity index (χ3n) is 2.58. The minimum absolute atomic E-state index is 0.0528. The molecule has 0 N–H and O–H groups in total. The molecular weight excluding hydrogens is 214 g/mol. The Balaban J connectivity index is 3.90. The zero-order chi connectivity index (χ0) is 13.5. The normalized spacial score (nSPS) is 13.8. The van der Waals surface area contributed by atoms with Crippen LogP contribution in [-0.2, 0) is 9.53 Å². The van der Waals surface area contributed by atoms with Crippen molar-refractivity contribution in [3.8, 4) is 0 Å². The topological polar surface area (TPSA) is 29.5 Å². The minimum Gasteiger partial charge on any atom is -0.462 e. The molecule has 0 rings (SSSR count). The van der Waals surface area contributed by atoms with Gasteiger partial charge in [-0.05, 0) is 45.3 Å². The molecule has 0 heterocycles. The number of rotatable bonds is 7. The van der Waals surface area contributed by atoms with Crippen molar-refractivity contribution in [2.75, 3.05) is 20.6 Å². The number of ether oxygens (including phenoxy) is 1. The number of esters is 1. The van der Waals surface area contributed by atoms with Crippen LogP contribution < -0.4 is 0 Å². The molecule has 0 bridgehead atoms. The number of carbonyl (C=O) groups excluding carboxylic acids is 1. The second-order valence-corrected chi connectivity index (χ2v) is 6.19. The summed E-state index contributed by atoms with van der Waals surface area (Å²) in [5, 5.41) is 0. The molecular formula is C14H29NO2. The summed E-state index contributed by atoms with van der Waals surface area (Å²) >= 11 is 0. The van der Waals surface area contributed by atoms with E-state index in [-0.39, 0.29) is 17.5 Å². The summed E-state index contributed by atoms with van der Waals surface area (Å²) in [4.78, 5) is 13.7. The summed E-state index contributed by atoms with van der Waals surface area (Å²) in [7, 11) is 4.03. The van der Waals surface area contributed by atoms with Crippen LogP contribution in [0.2, 0.25) is 0 Å². The molecule has 1 atom stereocenters. The SMILES string of the molecule is CCC(CC(C)(C)C)OC(=O)CCCN(C)C. The number of hydrogen-bond acceptors (Lipinski definition) is 3. The van der Waals surface area contributed by atoms with Gasteiger partial charge in [-0.15, -0.1) is 0 Å². The Bertz CT molecular complexity index is 219. The smallest absolute Gasteiger partial charge is 0.306 e. The second-order valence-electron chi connectivity index (χ2n) is 6.19. The minimum atomic E-state index is -0.0528. The molecule has 0 aromatic carbocycles. The van der Waals surface area contributed by atoms with Crippen LogP contribution in [0.3, 0.4) is 0 Å². The first-order valence-electron chi connectivity index (χ1n) is 6.59. The van der Waals surface area contributed by atoms with E-state index in [9.17, 15) is 4.79 Å². The molecule has 0 fully saturated rings. The molecule has 0 amide bonds. The summed E-state index contributed by atoms with van der Waals surface area (Å²) < 4.78 is 5.50. The Kier molecular flexibility index (Phi) is 7.44. The highest BCUT2D eigenvalue weighted by Gasteiger charge is 2.20. The predicted octanol–water partition coefficient (Wildman–Crippen LogP) is 3.09. The van der Waals surface area contributed by atoms with E-state index in [1.54, 1.807) is 0 Å². The molecule has 0 aliphatic carbocycles. The van der Waals surface area contributed by atoms with Crippen LogP contribution in [-0.4, -0.2) is 37.6 Å². The average molecular weight is 243 g/mol. The van der Waals surface area contributed by atoms with Crippen LogP contribution in [0.15, 0.2) is 0 Å². The van der Waals surface area contributed by atoms with Crippen LogP contribution in [0.25, 0.3) is 0 Å². The standard InChI is InChI=1S/C14H29NO2/c1-7-12(11-14(2,3)4)17-13(16)9-8-10-15(5)6/h12H,7-11H2,1-6H3. The summed E-state index contributed by atoms with van der Waals surface area (Å²) in [6.45, 7) is 9.54. The Morgan fingerprint density at radius 1 is 1.29 bits per heavy atom. The van der Waals surface area contributed by atoms with Crippen molar-refractivity contribution in [2.45, 2.75) is 59.5 Å². The third-order valence-corrected chi connectivity index (χ3v) is 2.58. The molecule has 3 nitrogen and oxygen atoms in total. The van der Waals surface area contributed by atoms with Crippen molar-refractivity contribution in [3.05, 3.63) is 0 Å². The molecule has 0 saturated carbocycles. The molecule has 0 aliphatic heterocycles. The van der Waals surface area contributed by atoms with Gasteiger partial charge in [0.25, 0.3) is 0 Å². The number of nitrogens with zero attached hydrogens (tertiary/aromatic N) is 1. The van der Waals surface area contributed by atoms with Gasteiger partial charge >= 0.3 is 5.97 Å². The van der Waals surface area contributed by atoms with Gasteiger partial charge in [0.15, 0.2) is 0 Å². The maximum absolute atomic E-state index is 11.6. The molecule has 0 aromatic rings. The number of hydrogen-bond donors (Lipinski definition) is 0. The lowest BCUT2D eigenvalue weighted by molar-refractivity contribution is -0.150. The Labute approximate surface area is 107 Å². The van der Waals surface area contributed by atoms with Crippen LogP contribution >= 0.6 is 0 Å². The molecule has 0 saturated heterocycles. The van der Waals surface area contributed by atoms with Gasteiger partial charge in [-0.1, -0.05) is 27.7 Å². The molecule has 0 spiro atoms.